The molecule has 1 unspecified atom stereocenters. The molecule has 4 heteroatoms. The van der Waals surface area contributed by atoms with Crippen LogP contribution in [0.5, 0.6) is 5.75 Å². The van der Waals surface area contributed by atoms with E-state index in [1.807, 2.05) is 24.3 Å². The molecule has 1 aliphatic heterocycles. The van der Waals surface area contributed by atoms with E-state index in [-0.39, 0.29) is 17.4 Å². The van der Waals surface area contributed by atoms with Crippen LogP contribution in [0, 0.1) is 5.41 Å². The van der Waals surface area contributed by atoms with E-state index in [4.69, 9.17) is 10.5 Å². The van der Waals surface area contributed by atoms with E-state index in [1.54, 1.807) is 0 Å². The number of carbonyl (C=O) groups is 1. The van der Waals surface area contributed by atoms with E-state index < -0.39 is 0 Å². The minimum Gasteiger partial charge on any atom is -0.491 e. The summed E-state index contributed by atoms with van der Waals surface area (Å²) in [5, 5.41) is 3.08. The Morgan fingerprint density at radius 1 is 1.44 bits per heavy atom. The zero-order chi connectivity index (χ0) is 12.6. The van der Waals surface area contributed by atoms with Crippen LogP contribution in [-0.2, 0) is 4.79 Å². The number of amides is 1. The van der Waals surface area contributed by atoms with Crippen molar-refractivity contribution in [3.63, 3.8) is 0 Å². The fourth-order valence-corrected chi connectivity index (χ4v) is 2.72. The van der Waals surface area contributed by atoms with Crippen molar-refractivity contribution in [1.82, 2.24) is 5.32 Å². The Labute approximate surface area is 107 Å². The topological polar surface area (TPSA) is 64.4 Å². The SMILES string of the molecule is NCC1(C(=O)NC2COc3ccccc32)CCC1. The van der Waals surface area contributed by atoms with Crippen molar-refractivity contribution in [3.8, 4) is 5.75 Å². The lowest BCUT2D eigenvalue weighted by Crippen LogP contribution is -2.51. The second kappa shape index (κ2) is 4.28. The predicted octanol–water partition coefficient (Wildman–Crippen LogP) is 1.37. The number of rotatable bonds is 3. The van der Waals surface area contributed by atoms with Gasteiger partial charge in [0.25, 0.3) is 0 Å². The van der Waals surface area contributed by atoms with Crippen LogP contribution in [0.25, 0.3) is 0 Å². The van der Waals surface area contributed by atoms with Gasteiger partial charge in [0, 0.05) is 12.1 Å². The summed E-state index contributed by atoms with van der Waals surface area (Å²) in [5.74, 6) is 0.958. The number of hydrogen-bond donors (Lipinski definition) is 2. The van der Waals surface area contributed by atoms with Gasteiger partial charge in [-0.3, -0.25) is 4.79 Å². The van der Waals surface area contributed by atoms with E-state index in [2.05, 4.69) is 5.32 Å². The molecule has 1 aliphatic carbocycles. The van der Waals surface area contributed by atoms with E-state index in [0.29, 0.717) is 13.2 Å². The summed E-state index contributed by atoms with van der Waals surface area (Å²) in [6.45, 7) is 0.958. The van der Waals surface area contributed by atoms with E-state index in [1.165, 1.54) is 0 Å². The van der Waals surface area contributed by atoms with Crippen molar-refractivity contribution >= 4 is 5.91 Å². The van der Waals surface area contributed by atoms with Gasteiger partial charge in [0.1, 0.15) is 12.4 Å². The van der Waals surface area contributed by atoms with Crippen LogP contribution >= 0.6 is 0 Å². The number of ether oxygens (including phenoxy) is 1. The summed E-state index contributed by atoms with van der Waals surface area (Å²) >= 11 is 0. The third-order valence-electron chi connectivity index (χ3n) is 4.19. The molecule has 3 rings (SSSR count). The van der Waals surface area contributed by atoms with Crippen molar-refractivity contribution in [1.29, 1.82) is 0 Å². The molecule has 1 amide bonds. The third-order valence-corrected chi connectivity index (χ3v) is 4.19. The van der Waals surface area contributed by atoms with Crippen LogP contribution in [-0.4, -0.2) is 19.1 Å². The lowest BCUT2D eigenvalue weighted by atomic mass is 9.68. The maximum Gasteiger partial charge on any atom is 0.228 e. The highest BCUT2D eigenvalue weighted by atomic mass is 16.5. The van der Waals surface area contributed by atoms with E-state index >= 15 is 0 Å². The molecule has 1 atom stereocenters. The second-order valence-electron chi connectivity index (χ2n) is 5.21. The third kappa shape index (κ3) is 1.68. The molecule has 18 heavy (non-hydrogen) atoms. The molecular formula is C14H18N2O2. The number of para-hydroxylation sites is 1. The van der Waals surface area contributed by atoms with E-state index in [0.717, 1.165) is 30.6 Å². The number of carbonyl (C=O) groups excluding carboxylic acids is 1. The molecule has 0 bridgehead atoms. The highest BCUT2D eigenvalue weighted by molar-refractivity contribution is 5.84. The Hall–Kier alpha value is -1.55. The Morgan fingerprint density at radius 2 is 2.22 bits per heavy atom. The summed E-state index contributed by atoms with van der Waals surface area (Å²) in [6, 6.07) is 7.82. The number of fused-ring (bicyclic) bond motifs is 1. The Morgan fingerprint density at radius 3 is 2.89 bits per heavy atom. The van der Waals surface area contributed by atoms with Gasteiger partial charge in [-0.2, -0.15) is 0 Å². The predicted molar refractivity (Wildman–Crippen MR) is 68.2 cm³/mol. The first-order valence-corrected chi connectivity index (χ1v) is 6.48. The zero-order valence-electron chi connectivity index (χ0n) is 10.3. The van der Waals surface area contributed by atoms with Crippen LogP contribution in [0.15, 0.2) is 24.3 Å². The molecule has 1 heterocycles. The minimum atomic E-state index is -0.322. The van der Waals surface area contributed by atoms with Crippen LogP contribution in [0.3, 0.4) is 0 Å². The molecule has 4 nitrogen and oxygen atoms in total. The second-order valence-corrected chi connectivity index (χ2v) is 5.21. The molecule has 1 aromatic carbocycles. The fourth-order valence-electron chi connectivity index (χ4n) is 2.72. The molecule has 1 fully saturated rings. The van der Waals surface area contributed by atoms with Crippen molar-refractivity contribution in [3.05, 3.63) is 29.8 Å². The molecule has 3 N–H and O–H groups in total. The van der Waals surface area contributed by atoms with Gasteiger partial charge in [0.05, 0.1) is 11.5 Å². The first-order valence-electron chi connectivity index (χ1n) is 6.48. The van der Waals surface area contributed by atoms with Gasteiger partial charge in [-0.25, -0.2) is 0 Å². The molecule has 2 aliphatic rings. The van der Waals surface area contributed by atoms with Gasteiger partial charge >= 0.3 is 0 Å². The van der Waals surface area contributed by atoms with Crippen LogP contribution in [0.1, 0.15) is 30.9 Å². The highest BCUT2D eigenvalue weighted by Gasteiger charge is 2.44. The number of benzene rings is 1. The van der Waals surface area contributed by atoms with Crippen molar-refractivity contribution in [2.45, 2.75) is 25.3 Å². The molecular weight excluding hydrogens is 228 g/mol. The summed E-state index contributed by atoms with van der Waals surface area (Å²) in [5.41, 5.74) is 6.49. The summed E-state index contributed by atoms with van der Waals surface area (Å²) in [4.78, 5) is 12.3. The summed E-state index contributed by atoms with van der Waals surface area (Å²) in [6.07, 6.45) is 2.91. The van der Waals surface area contributed by atoms with Gasteiger partial charge in [-0.15, -0.1) is 0 Å². The van der Waals surface area contributed by atoms with Gasteiger partial charge in [-0.1, -0.05) is 24.6 Å². The molecule has 0 aromatic heterocycles. The van der Waals surface area contributed by atoms with E-state index in [9.17, 15) is 4.79 Å². The van der Waals surface area contributed by atoms with Crippen LogP contribution in [0.4, 0.5) is 0 Å². The lowest BCUT2D eigenvalue weighted by molar-refractivity contribution is -0.136. The largest absolute Gasteiger partial charge is 0.491 e. The molecule has 0 radical (unpaired) electrons. The zero-order valence-corrected chi connectivity index (χ0v) is 10.3. The fraction of sp³-hybridized carbons (Fsp3) is 0.500. The number of hydrogen-bond acceptors (Lipinski definition) is 3. The molecule has 96 valence electrons. The van der Waals surface area contributed by atoms with Crippen LogP contribution < -0.4 is 15.8 Å². The monoisotopic (exact) mass is 246 g/mol. The maximum atomic E-state index is 12.3. The standard InChI is InChI=1S/C14H18N2O2/c15-9-14(6-3-7-14)13(17)16-11-8-18-12-5-2-1-4-10(11)12/h1-2,4-5,11H,3,6-9,15H2,(H,16,17). The average molecular weight is 246 g/mol. The lowest BCUT2D eigenvalue weighted by Gasteiger charge is -2.39. The maximum absolute atomic E-state index is 12.3. The average Bonchev–Trinajstić information content (AvgIpc) is 2.72. The smallest absolute Gasteiger partial charge is 0.228 e. The quantitative estimate of drug-likeness (QED) is 0.846. The van der Waals surface area contributed by atoms with Crippen molar-refractivity contribution < 1.29 is 9.53 Å². The summed E-state index contributed by atoms with van der Waals surface area (Å²) in [7, 11) is 0. The minimum absolute atomic E-state index is 0.0299. The number of nitrogens with two attached hydrogens (primary N) is 1. The van der Waals surface area contributed by atoms with Gasteiger partial charge < -0.3 is 15.8 Å². The molecule has 1 saturated carbocycles. The highest BCUT2D eigenvalue weighted by Crippen LogP contribution is 2.41. The van der Waals surface area contributed by atoms with Gasteiger partial charge in [0.2, 0.25) is 5.91 Å². The normalized spacial score (nSPS) is 23.7. The Bertz CT molecular complexity index is 463. The molecule has 1 aromatic rings. The van der Waals surface area contributed by atoms with Crippen LogP contribution in [0.2, 0.25) is 0 Å². The Kier molecular flexibility index (Phi) is 2.74. The first-order chi connectivity index (χ1) is 8.75. The summed E-state index contributed by atoms with van der Waals surface area (Å²) < 4.78 is 5.56. The Balaban J connectivity index is 1.73. The van der Waals surface area contributed by atoms with Crippen molar-refractivity contribution in [2.24, 2.45) is 11.1 Å². The molecule has 0 spiro atoms. The molecule has 0 saturated heterocycles. The first kappa shape index (κ1) is 11.5. The van der Waals surface area contributed by atoms with Gasteiger partial charge in [-0.05, 0) is 18.9 Å². The van der Waals surface area contributed by atoms with Gasteiger partial charge in [0.15, 0.2) is 0 Å². The van der Waals surface area contributed by atoms with Crippen molar-refractivity contribution in [2.75, 3.05) is 13.2 Å². The number of nitrogens with one attached hydrogen (secondary N) is 1.